The molecule has 68 valence electrons. The van der Waals surface area contributed by atoms with E-state index in [2.05, 4.69) is 5.10 Å². The highest BCUT2D eigenvalue weighted by Gasteiger charge is 2.05. The molecule has 0 aliphatic carbocycles. The van der Waals surface area contributed by atoms with Gasteiger partial charge in [-0.2, -0.15) is 5.10 Å². The number of aryl methyl sites for hydroxylation is 1. The first-order chi connectivity index (χ1) is 6.22. The van der Waals surface area contributed by atoms with Crippen LogP contribution in [0.4, 0.5) is 0 Å². The summed E-state index contributed by atoms with van der Waals surface area (Å²) in [7, 11) is 3.49. The van der Waals surface area contributed by atoms with Gasteiger partial charge in [0.15, 0.2) is 0 Å². The van der Waals surface area contributed by atoms with E-state index in [-0.39, 0.29) is 0 Å². The molecule has 0 radical (unpaired) electrons. The Kier molecular flexibility index (Phi) is 1.88. The summed E-state index contributed by atoms with van der Waals surface area (Å²) < 4.78 is 6.87. The molecule has 0 bridgehead atoms. The predicted molar refractivity (Wildman–Crippen MR) is 52.3 cm³/mol. The van der Waals surface area contributed by atoms with E-state index in [4.69, 9.17) is 16.3 Å². The summed E-state index contributed by atoms with van der Waals surface area (Å²) in [6.07, 6.45) is 1.75. The zero-order chi connectivity index (χ0) is 9.42. The Hall–Kier alpha value is -1.22. The summed E-state index contributed by atoms with van der Waals surface area (Å²) >= 11 is 6.02. The van der Waals surface area contributed by atoms with Crippen molar-refractivity contribution in [1.29, 1.82) is 0 Å². The molecule has 0 saturated heterocycles. The lowest BCUT2D eigenvalue weighted by Gasteiger charge is -2.01. The highest BCUT2D eigenvalue weighted by Crippen LogP contribution is 2.28. The first-order valence-corrected chi connectivity index (χ1v) is 4.25. The second-order valence-electron chi connectivity index (χ2n) is 2.81. The van der Waals surface area contributed by atoms with Gasteiger partial charge in [0.25, 0.3) is 0 Å². The summed E-state index contributed by atoms with van der Waals surface area (Å²) in [5, 5.41) is 5.73. The summed E-state index contributed by atoms with van der Waals surface area (Å²) in [4.78, 5) is 0. The Balaban J connectivity index is 2.80. The number of hydrogen-bond donors (Lipinski definition) is 0. The number of nitrogens with zero attached hydrogens (tertiary/aromatic N) is 2. The van der Waals surface area contributed by atoms with Gasteiger partial charge in [-0.25, -0.2) is 0 Å². The number of benzene rings is 1. The van der Waals surface area contributed by atoms with E-state index in [0.29, 0.717) is 5.02 Å². The summed E-state index contributed by atoms with van der Waals surface area (Å²) in [5.74, 6) is 0.751. The van der Waals surface area contributed by atoms with Gasteiger partial charge in [0.1, 0.15) is 5.75 Å². The van der Waals surface area contributed by atoms with Crippen molar-refractivity contribution in [3.8, 4) is 5.75 Å². The second kappa shape index (κ2) is 2.92. The van der Waals surface area contributed by atoms with E-state index in [1.807, 2.05) is 13.1 Å². The van der Waals surface area contributed by atoms with Crippen LogP contribution in [0, 0.1) is 0 Å². The summed E-state index contributed by atoms with van der Waals surface area (Å²) in [6.45, 7) is 0. The number of aromatic nitrogens is 2. The maximum absolute atomic E-state index is 6.02. The van der Waals surface area contributed by atoms with Crippen molar-refractivity contribution >= 4 is 22.5 Å². The van der Waals surface area contributed by atoms with Crippen molar-refractivity contribution in [1.82, 2.24) is 9.78 Å². The first-order valence-electron chi connectivity index (χ1n) is 3.87. The molecule has 0 N–H and O–H groups in total. The lowest BCUT2D eigenvalue weighted by Crippen LogP contribution is -1.89. The van der Waals surface area contributed by atoms with Gasteiger partial charge in [0.05, 0.1) is 23.8 Å². The van der Waals surface area contributed by atoms with E-state index in [9.17, 15) is 0 Å². The average molecular weight is 197 g/mol. The zero-order valence-corrected chi connectivity index (χ0v) is 8.17. The van der Waals surface area contributed by atoms with E-state index in [1.54, 1.807) is 24.1 Å². The van der Waals surface area contributed by atoms with Crippen LogP contribution in [0.15, 0.2) is 18.3 Å². The minimum atomic E-state index is 0.669. The van der Waals surface area contributed by atoms with Gasteiger partial charge in [-0.1, -0.05) is 11.6 Å². The van der Waals surface area contributed by atoms with Crippen LogP contribution in [0.5, 0.6) is 5.75 Å². The minimum Gasteiger partial charge on any atom is -0.497 e. The van der Waals surface area contributed by atoms with E-state index in [1.165, 1.54) is 0 Å². The number of fused-ring (bicyclic) bond motifs is 1. The second-order valence-corrected chi connectivity index (χ2v) is 3.22. The SMILES string of the molecule is COc1cc(Cl)c2cnn(C)c2c1. The number of methoxy groups -OCH3 is 1. The standard InChI is InChI=1S/C9H9ClN2O/c1-12-9-4-6(13-2)3-8(10)7(9)5-11-12/h3-5H,1-2H3. The fourth-order valence-electron chi connectivity index (χ4n) is 1.30. The van der Waals surface area contributed by atoms with Crippen LogP contribution in [0.3, 0.4) is 0 Å². The molecule has 3 nitrogen and oxygen atoms in total. The van der Waals surface area contributed by atoms with Gasteiger partial charge in [-0.15, -0.1) is 0 Å². The van der Waals surface area contributed by atoms with Gasteiger partial charge >= 0.3 is 0 Å². The molecule has 2 aromatic rings. The lowest BCUT2D eigenvalue weighted by molar-refractivity contribution is 0.415. The summed E-state index contributed by atoms with van der Waals surface area (Å²) in [6, 6.07) is 3.69. The number of rotatable bonds is 1. The number of ether oxygens (including phenoxy) is 1. The van der Waals surface area contributed by atoms with Crippen LogP contribution in [0.25, 0.3) is 10.9 Å². The molecule has 1 heterocycles. The van der Waals surface area contributed by atoms with Gasteiger partial charge in [-0.3, -0.25) is 4.68 Å². The van der Waals surface area contributed by atoms with Gasteiger partial charge < -0.3 is 4.74 Å². The van der Waals surface area contributed by atoms with Crippen LogP contribution in [-0.2, 0) is 7.05 Å². The molecule has 0 aliphatic heterocycles. The maximum atomic E-state index is 6.02. The fraction of sp³-hybridized carbons (Fsp3) is 0.222. The van der Waals surface area contributed by atoms with E-state index in [0.717, 1.165) is 16.7 Å². The molecule has 0 atom stereocenters. The molecular formula is C9H9ClN2O. The third kappa shape index (κ3) is 1.25. The number of halogens is 1. The molecule has 13 heavy (non-hydrogen) atoms. The Morgan fingerprint density at radius 3 is 2.92 bits per heavy atom. The van der Waals surface area contributed by atoms with Gasteiger partial charge in [0.2, 0.25) is 0 Å². The van der Waals surface area contributed by atoms with Crippen molar-refractivity contribution in [2.45, 2.75) is 0 Å². The minimum absolute atomic E-state index is 0.669. The Bertz CT molecular complexity index is 450. The third-order valence-corrected chi connectivity index (χ3v) is 2.34. The van der Waals surface area contributed by atoms with Crippen LogP contribution in [0.2, 0.25) is 5.02 Å². The molecule has 1 aromatic carbocycles. The van der Waals surface area contributed by atoms with Crippen LogP contribution in [-0.4, -0.2) is 16.9 Å². The number of hydrogen-bond acceptors (Lipinski definition) is 2. The Labute approximate surface area is 80.9 Å². The highest BCUT2D eigenvalue weighted by molar-refractivity contribution is 6.35. The van der Waals surface area contributed by atoms with Crippen molar-refractivity contribution in [2.24, 2.45) is 7.05 Å². The molecule has 0 spiro atoms. The molecule has 0 unspecified atom stereocenters. The third-order valence-electron chi connectivity index (χ3n) is 2.03. The van der Waals surface area contributed by atoms with Crippen molar-refractivity contribution in [2.75, 3.05) is 7.11 Å². The highest BCUT2D eigenvalue weighted by atomic mass is 35.5. The molecule has 2 rings (SSSR count). The average Bonchev–Trinajstić information content (AvgIpc) is 2.48. The van der Waals surface area contributed by atoms with E-state index < -0.39 is 0 Å². The largest absolute Gasteiger partial charge is 0.497 e. The quantitative estimate of drug-likeness (QED) is 0.700. The fourth-order valence-corrected chi connectivity index (χ4v) is 1.55. The molecule has 0 amide bonds. The smallest absolute Gasteiger partial charge is 0.122 e. The van der Waals surface area contributed by atoms with Crippen molar-refractivity contribution < 1.29 is 4.74 Å². The topological polar surface area (TPSA) is 27.1 Å². The normalized spacial score (nSPS) is 10.7. The van der Waals surface area contributed by atoms with Crippen LogP contribution < -0.4 is 4.74 Å². The zero-order valence-electron chi connectivity index (χ0n) is 7.41. The predicted octanol–water partition coefficient (Wildman–Crippen LogP) is 2.24. The Morgan fingerprint density at radius 1 is 1.46 bits per heavy atom. The van der Waals surface area contributed by atoms with Gasteiger partial charge in [-0.05, 0) is 6.07 Å². The van der Waals surface area contributed by atoms with Crippen molar-refractivity contribution in [3.63, 3.8) is 0 Å². The summed E-state index contributed by atoms with van der Waals surface area (Å²) in [5.41, 5.74) is 0.976. The van der Waals surface area contributed by atoms with Crippen LogP contribution >= 0.6 is 11.6 Å². The molecule has 1 aromatic heterocycles. The van der Waals surface area contributed by atoms with Gasteiger partial charge in [0, 0.05) is 18.5 Å². The van der Waals surface area contributed by atoms with Crippen molar-refractivity contribution in [3.05, 3.63) is 23.4 Å². The monoisotopic (exact) mass is 196 g/mol. The molecular weight excluding hydrogens is 188 g/mol. The molecule has 4 heteroatoms. The van der Waals surface area contributed by atoms with E-state index >= 15 is 0 Å². The molecule has 0 saturated carbocycles. The Morgan fingerprint density at radius 2 is 2.23 bits per heavy atom. The first kappa shape index (κ1) is 8.38. The van der Waals surface area contributed by atoms with Crippen LogP contribution in [0.1, 0.15) is 0 Å². The molecule has 0 aliphatic rings. The lowest BCUT2D eigenvalue weighted by atomic mass is 10.2. The molecule has 0 fully saturated rings. The maximum Gasteiger partial charge on any atom is 0.122 e.